The molecule has 1 aromatic rings. The molecule has 0 amide bonds. The molecule has 4 nitrogen and oxygen atoms in total. The third-order valence-corrected chi connectivity index (χ3v) is 4.98. The Hall–Kier alpha value is -0.880. The monoisotopic (exact) mass is 462 g/mol. The molecule has 26 heavy (non-hydrogen) atoms. The Kier molecular flexibility index (Phi) is 6.60. The smallest absolute Gasteiger partial charge is 0.317 e. The van der Waals surface area contributed by atoms with Gasteiger partial charge in [0.1, 0.15) is 16.0 Å². The molecule has 0 spiro atoms. The van der Waals surface area contributed by atoms with Gasteiger partial charge in [-0.3, -0.25) is 9.59 Å². The van der Waals surface area contributed by atoms with E-state index in [1.54, 1.807) is 45.0 Å². The van der Waals surface area contributed by atoms with Gasteiger partial charge in [-0.25, -0.2) is 0 Å². The van der Waals surface area contributed by atoms with E-state index in [2.05, 4.69) is 15.9 Å². The summed E-state index contributed by atoms with van der Waals surface area (Å²) in [4.78, 5) is 25.3. The largest absolute Gasteiger partial charge is 0.459 e. The molecule has 0 radical (unpaired) electrons. The van der Waals surface area contributed by atoms with Crippen LogP contribution in [0.3, 0.4) is 0 Å². The van der Waals surface area contributed by atoms with Gasteiger partial charge in [-0.05, 0) is 51.0 Å². The summed E-state index contributed by atoms with van der Waals surface area (Å²) >= 11 is 14.9. The quantitative estimate of drug-likeness (QED) is 0.511. The van der Waals surface area contributed by atoms with Crippen molar-refractivity contribution in [2.75, 3.05) is 0 Å². The number of ether oxygens (including phenoxy) is 1. The lowest BCUT2D eigenvalue weighted by molar-refractivity contribution is -0.168. The summed E-state index contributed by atoms with van der Waals surface area (Å²) in [7, 11) is 0. The highest BCUT2D eigenvalue weighted by atomic mass is 79.9. The van der Waals surface area contributed by atoms with Crippen LogP contribution < -0.4 is 0 Å². The average Bonchev–Trinajstić information content (AvgIpc) is 2.44. The van der Waals surface area contributed by atoms with Crippen LogP contribution in [0.15, 0.2) is 39.3 Å². The lowest BCUT2D eigenvalue weighted by Crippen LogP contribution is -2.47. The first-order valence-corrected chi connectivity index (χ1v) is 9.73. The first kappa shape index (κ1) is 21.4. The zero-order valence-corrected chi connectivity index (χ0v) is 17.9. The van der Waals surface area contributed by atoms with Crippen molar-refractivity contribution < 1.29 is 19.4 Å². The zero-order chi connectivity index (χ0) is 19.7. The van der Waals surface area contributed by atoms with Crippen molar-refractivity contribution in [3.05, 3.63) is 44.9 Å². The van der Waals surface area contributed by atoms with E-state index in [0.29, 0.717) is 5.56 Å². The summed E-state index contributed by atoms with van der Waals surface area (Å²) in [6.45, 7) is 5.20. The van der Waals surface area contributed by atoms with E-state index in [9.17, 15) is 14.7 Å². The van der Waals surface area contributed by atoms with Crippen molar-refractivity contribution in [2.45, 2.75) is 44.8 Å². The predicted molar refractivity (Wildman–Crippen MR) is 105 cm³/mol. The summed E-state index contributed by atoms with van der Waals surface area (Å²) in [6, 6.07) is 7.07. The minimum absolute atomic E-state index is 0.0589. The number of benzene rings is 1. The molecule has 7 heteroatoms. The van der Waals surface area contributed by atoms with Crippen LogP contribution in [0, 0.1) is 11.8 Å². The molecule has 0 bridgehead atoms. The van der Waals surface area contributed by atoms with Gasteiger partial charge >= 0.3 is 5.97 Å². The normalized spacial score (nSPS) is 26.3. The number of hydrogen-bond donors (Lipinski definition) is 1. The van der Waals surface area contributed by atoms with E-state index < -0.39 is 34.8 Å². The molecule has 1 N–H and O–H groups in total. The van der Waals surface area contributed by atoms with Gasteiger partial charge in [-0.1, -0.05) is 51.3 Å². The van der Waals surface area contributed by atoms with Crippen molar-refractivity contribution >= 4 is 50.9 Å². The Balaban J connectivity index is 2.37. The summed E-state index contributed by atoms with van der Waals surface area (Å²) < 4.78 is 6.19. The fourth-order valence-electron chi connectivity index (χ4n) is 3.19. The van der Waals surface area contributed by atoms with Gasteiger partial charge < -0.3 is 9.84 Å². The van der Waals surface area contributed by atoms with E-state index in [0.717, 1.165) is 4.47 Å². The molecule has 0 saturated heterocycles. The van der Waals surface area contributed by atoms with Crippen LogP contribution in [0.2, 0.25) is 0 Å². The maximum absolute atomic E-state index is 12.8. The van der Waals surface area contributed by atoms with E-state index in [1.807, 2.05) is 0 Å². The van der Waals surface area contributed by atoms with Crippen LogP contribution in [0.4, 0.5) is 0 Å². The molecule has 0 heterocycles. The Bertz CT molecular complexity index is 720. The van der Waals surface area contributed by atoms with E-state index in [4.69, 9.17) is 27.9 Å². The summed E-state index contributed by atoms with van der Waals surface area (Å²) in [6.07, 6.45) is 1.38. The van der Waals surface area contributed by atoms with Gasteiger partial charge in [0.25, 0.3) is 0 Å². The molecule has 142 valence electrons. The van der Waals surface area contributed by atoms with Crippen molar-refractivity contribution in [2.24, 2.45) is 11.8 Å². The number of Topliss-reactive ketones (excluding diaryl/α,β-unsaturated/α-hetero) is 1. The minimum Gasteiger partial charge on any atom is -0.459 e. The molecule has 1 saturated carbocycles. The Labute approximate surface area is 171 Å². The standard InChI is InChI=1S/C19H21BrCl2O4/c1-18(2,3)26-17(24)16-11(8-15(21)22)9-19(25,10-14(16)23)12-4-6-13(20)7-5-12/h4-8,11,16,25H,9-10H2,1-3H3. The Morgan fingerprint density at radius 3 is 2.38 bits per heavy atom. The topological polar surface area (TPSA) is 63.6 Å². The molecule has 0 aromatic heterocycles. The van der Waals surface area contributed by atoms with Crippen molar-refractivity contribution in [1.82, 2.24) is 0 Å². The molecule has 1 aromatic carbocycles. The molecule has 1 fully saturated rings. The van der Waals surface area contributed by atoms with Gasteiger partial charge in [0, 0.05) is 16.8 Å². The van der Waals surface area contributed by atoms with Crippen molar-refractivity contribution in [3.8, 4) is 0 Å². The van der Waals surface area contributed by atoms with Gasteiger partial charge in [-0.2, -0.15) is 0 Å². The highest BCUT2D eigenvalue weighted by Gasteiger charge is 2.49. The first-order valence-electron chi connectivity index (χ1n) is 8.18. The number of halogens is 3. The number of aliphatic hydroxyl groups is 1. The van der Waals surface area contributed by atoms with Gasteiger partial charge in [0.2, 0.25) is 0 Å². The lowest BCUT2D eigenvalue weighted by atomic mass is 9.68. The number of esters is 1. The number of allylic oxidation sites excluding steroid dienone is 1. The van der Waals surface area contributed by atoms with Gasteiger partial charge in [-0.15, -0.1) is 0 Å². The molecular formula is C19H21BrCl2O4. The fourth-order valence-corrected chi connectivity index (χ4v) is 3.77. The number of carbonyl (C=O) groups excluding carboxylic acids is 2. The Morgan fingerprint density at radius 2 is 1.88 bits per heavy atom. The fraction of sp³-hybridized carbons (Fsp3) is 0.474. The first-order chi connectivity index (χ1) is 11.9. The van der Waals surface area contributed by atoms with Crippen LogP contribution in [-0.2, 0) is 19.9 Å². The van der Waals surface area contributed by atoms with E-state index in [-0.39, 0.29) is 17.3 Å². The second kappa shape index (κ2) is 8.01. The van der Waals surface area contributed by atoms with Crippen LogP contribution >= 0.6 is 39.1 Å². The highest BCUT2D eigenvalue weighted by Crippen LogP contribution is 2.43. The van der Waals surface area contributed by atoms with Crippen molar-refractivity contribution in [1.29, 1.82) is 0 Å². The molecule has 3 atom stereocenters. The van der Waals surface area contributed by atoms with E-state index in [1.165, 1.54) is 6.08 Å². The van der Waals surface area contributed by atoms with Crippen LogP contribution in [0.5, 0.6) is 0 Å². The molecule has 2 rings (SSSR count). The third kappa shape index (κ3) is 5.32. The average molecular weight is 464 g/mol. The predicted octanol–water partition coefficient (Wildman–Crippen LogP) is 4.89. The molecular weight excluding hydrogens is 443 g/mol. The molecule has 0 aliphatic heterocycles. The highest BCUT2D eigenvalue weighted by molar-refractivity contribution is 9.10. The number of rotatable bonds is 3. The summed E-state index contributed by atoms with van der Waals surface area (Å²) in [5, 5.41) is 11.1. The summed E-state index contributed by atoms with van der Waals surface area (Å²) in [5.74, 6) is -2.73. The maximum atomic E-state index is 12.8. The van der Waals surface area contributed by atoms with Gasteiger partial charge in [0.15, 0.2) is 5.78 Å². The minimum atomic E-state index is -1.40. The maximum Gasteiger partial charge on any atom is 0.317 e. The molecule has 3 unspecified atom stereocenters. The number of hydrogen-bond acceptors (Lipinski definition) is 4. The second-order valence-electron chi connectivity index (χ2n) is 7.52. The van der Waals surface area contributed by atoms with Gasteiger partial charge in [0.05, 0.1) is 5.60 Å². The molecule has 1 aliphatic carbocycles. The third-order valence-electron chi connectivity index (χ3n) is 4.20. The van der Waals surface area contributed by atoms with E-state index >= 15 is 0 Å². The zero-order valence-electron chi connectivity index (χ0n) is 14.8. The number of carbonyl (C=O) groups is 2. The summed E-state index contributed by atoms with van der Waals surface area (Å²) in [5.41, 5.74) is -1.53. The van der Waals surface area contributed by atoms with Crippen molar-refractivity contribution in [3.63, 3.8) is 0 Å². The lowest BCUT2D eigenvalue weighted by Gasteiger charge is -2.39. The SMILES string of the molecule is CC(C)(C)OC(=O)C1C(=O)CC(O)(c2ccc(Br)cc2)CC1C=C(Cl)Cl. The van der Waals surface area contributed by atoms with Crippen LogP contribution in [0.1, 0.15) is 39.2 Å². The second-order valence-corrected chi connectivity index (χ2v) is 9.44. The van der Waals surface area contributed by atoms with Crippen LogP contribution in [-0.4, -0.2) is 22.5 Å². The molecule has 1 aliphatic rings. The number of ketones is 1. The van der Waals surface area contributed by atoms with Crippen LogP contribution in [0.25, 0.3) is 0 Å². The Morgan fingerprint density at radius 1 is 1.31 bits per heavy atom.